The Bertz CT molecular complexity index is 889. The molecule has 2 rings (SSSR count). The number of sulfonamides is 1. The van der Waals surface area contributed by atoms with Gasteiger partial charge in [0.15, 0.2) is 0 Å². The molecule has 29 heavy (non-hydrogen) atoms. The largest absolute Gasteiger partial charge is 0.497 e. The first-order chi connectivity index (χ1) is 13.8. The van der Waals surface area contributed by atoms with Crippen LogP contribution < -0.4 is 10.1 Å². The van der Waals surface area contributed by atoms with E-state index in [-0.39, 0.29) is 23.4 Å². The van der Waals surface area contributed by atoms with Gasteiger partial charge in [-0.1, -0.05) is 32.9 Å². The number of nitrogens with zero attached hydrogens (tertiary/aromatic N) is 1. The van der Waals surface area contributed by atoms with Crippen molar-refractivity contribution < 1.29 is 17.9 Å². The zero-order valence-corrected chi connectivity index (χ0v) is 18.3. The molecule has 0 aliphatic heterocycles. The fourth-order valence-corrected chi connectivity index (χ4v) is 4.43. The van der Waals surface area contributed by atoms with Crippen molar-refractivity contribution in [1.82, 2.24) is 9.62 Å². The second-order valence-electron chi connectivity index (χ2n) is 6.79. The number of amides is 1. The molecular formula is C22H30N2O4S. The molecule has 158 valence electrons. The van der Waals surface area contributed by atoms with Gasteiger partial charge in [0, 0.05) is 24.7 Å². The third-order valence-corrected chi connectivity index (χ3v) is 6.88. The molecule has 0 spiro atoms. The highest BCUT2D eigenvalue weighted by atomic mass is 32.2. The monoisotopic (exact) mass is 418 g/mol. The van der Waals surface area contributed by atoms with Gasteiger partial charge in [-0.15, -0.1) is 0 Å². The van der Waals surface area contributed by atoms with Crippen molar-refractivity contribution in [2.75, 3.05) is 13.7 Å². The van der Waals surface area contributed by atoms with E-state index in [1.54, 1.807) is 55.5 Å². The van der Waals surface area contributed by atoms with Crippen molar-refractivity contribution in [3.8, 4) is 5.75 Å². The lowest BCUT2D eigenvalue weighted by atomic mass is 10.1. The Labute approximate surface area is 173 Å². The van der Waals surface area contributed by atoms with Crippen LogP contribution in [0.15, 0.2) is 53.4 Å². The van der Waals surface area contributed by atoms with Crippen molar-refractivity contribution in [3.05, 3.63) is 59.7 Å². The minimum atomic E-state index is -3.62. The Kier molecular flexibility index (Phi) is 8.22. The van der Waals surface area contributed by atoms with Crippen LogP contribution in [0.2, 0.25) is 0 Å². The average molecular weight is 419 g/mol. The number of methoxy groups -OCH3 is 1. The third-order valence-electron chi connectivity index (χ3n) is 4.95. The Morgan fingerprint density at radius 3 is 2.07 bits per heavy atom. The number of rotatable bonds is 10. The van der Waals surface area contributed by atoms with Gasteiger partial charge in [-0.2, -0.15) is 4.31 Å². The van der Waals surface area contributed by atoms with Crippen LogP contribution in [0, 0.1) is 0 Å². The standard InChI is InChI=1S/C22H30N2O4S/c1-5-19(6-2)23-22(25)18-10-8-17(9-11-18)16-24(7-3)29(26,27)21-14-12-20(28-4)13-15-21/h8-15,19H,5-7,16H2,1-4H3,(H,23,25). The van der Waals surface area contributed by atoms with Gasteiger partial charge >= 0.3 is 0 Å². The van der Waals surface area contributed by atoms with Gasteiger partial charge in [0.2, 0.25) is 10.0 Å². The molecule has 0 aromatic heterocycles. The lowest BCUT2D eigenvalue weighted by molar-refractivity contribution is 0.0935. The molecule has 0 unspecified atom stereocenters. The Balaban J connectivity index is 2.13. The molecule has 6 nitrogen and oxygen atoms in total. The topological polar surface area (TPSA) is 75.7 Å². The highest BCUT2D eigenvalue weighted by Crippen LogP contribution is 2.21. The number of carbonyl (C=O) groups is 1. The van der Waals surface area contributed by atoms with Crippen LogP contribution in [0.25, 0.3) is 0 Å². The van der Waals surface area contributed by atoms with E-state index < -0.39 is 10.0 Å². The SMILES string of the molecule is CCC(CC)NC(=O)c1ccc(CN(CC)S(=O)(=O)c2ccc(OC)cc2)cc1. The molecule has 2 aromatic rings. The summed E-state index contributed by atoms with van der Waals surface area (Å²) >= 11 is 0. The Morgan fingerprint density at radius 2 is 1.59 bits per heavy atom. The maximum Gasteiger partial charge on any atom is 0.251 e. The predicted molar refractivity (Wildman–Crippen MR) is 115 cm³/mol. The van der Waals surface area contributed by atoms with Gasteiger partial charge in [-0.25, -0.2) is 8.42 Å². The van der Waals surface area contributed by atoms with Crippen LogP contribution in [0.3, 0.4) is 0 Å². The zero-order chi connectivity index (χ0) is 21.4. The summed E-state index contributed by atoms with van der Waals surface area (Å²) in [5.74, 6) is 0.498. The molecule has 0 saturated carbocycles. The molecule has 0 aliphatic rings. The summed E-state index contributed by atoms with van der Waals surface area (Å²) in [4.78, 5) is 12.6. The molecular weight excluding hydrogens is 388 g/mol. The minimum absolute atomic E-state index is 0.108. The maximum atomic E-state index is 13.0. The van der Waals surface area contributed by atoms with Gasteiger partial charge < -0.3 is 10.1 Å². The molecule has 0 fully saturated rings. The van der Waals surface area contributed by atoms with Crippen LogP contribution in [0.5, 0.6) is 5.75 Å². The Hall–Kier alpha value is -2.38. The first kappa shape index (κ1) is 22.9. The number of nitrogens with one attached hydrogen (secondary N) is 1. The number of benzene rings is 2. The zero-order valence-electron chi connectivity index (χ0n) is 17.5. The van der Waals surface area contributed by atoms with Gasteiger partial charge in [0.05, 0.1) is 12.0 Å². The molecule has 0 heterocycles. The summed E-state index contributed by atoms with van der Waals surface area (Å²) in [6.07, 6.45) is 1.77. The Morgan fingerprint density at radius 1 is 1.00 bits per heavy atom. The molecule has 0 saturated heterocycles. The summed E-state index contributed by atoms with van der Waals surface area (Å²) in [5.41, 5.74) is 1.39. The van der Waals surface area contributed by atoms with Crippen LogP contribution in [-0.4, -0.2) is 38.3 Å². The van der Waals surface area contributed by atoms with Gasteiger partial charge in [0.1, 0.15) is 5.75 Å². The molecule has 1 amide bonds. The van der Waals surface area contributed by atoms with E-state index in [2.05, 4.69) is 5.32 Å². The summed E-state index contributed by atoms with van der Waals surface area (Å²) in [7, 11) is -2.09. The average Bonchev–Trinajstić information content (AvgIpc) is 2.75. The number of hydrogen-bond acceptors (Lipinski definition) is 4. The molecule has 0 radical (unpaired) electrons. The number of ether oxygens (including phenoxy) is 1. The van der Waals surface area contributed by atoms with E-state index in [0.29, 0.717) is 17.9 Å². The molecule has 0 aliphatic carbocycles. The normalized spacial score (nSPS) is 11.7. The maximum absolute atomic E-state index is 13.0. The highest BCUT2D eigenvalue weighted by Gasteiger charge is 2.23. The fourth-order valence-electron chi connectivity index (χ4n) is 2.99. The molecule has 7 heteroatoms. The summed E-state index contributed by atoms with van der Waals surface area (Å²) in [5, 5.41) is 3.00. The van der Waals surface area contributed by atoms with E-state index in [1.807, 2.05) is 13.8 Å². The number of carbonyl (C=O) groups excluding carboxylic acids is 1. The van der Waals surface area contributed by atoms with Gasteiger partial charge in [0.25, 0.3) is 5.91 Å². The molecule has 1 N–H and O–H groups in total. The van der Waals surface area contributed by atoms with Crippen LogP contribution in [0.4, 0.5) is 0 Å². The van der Waals surface area contributed by atoms with Crippen LogP contribution in [-0.2, 0) is 16.6 Å². The lowest BCUT2D eigenvalue weighted by Gasteiger charge is -2.21. The first-order valence-electron chi connectivity index (χ1n) is 9.89. The van der Waals surface area contributed by atoms with Crippen LogP contribution >= 0.6 is 0 Å². The quantitative estimate of drug-likeness (QED) is 0.636. The predicted octanol–water partition coefficient (Wildman–Crippen LogP) is 3.82. The summed E-state index contributed by atoms with van der Waals surface area (Å²) in [6, 6.07) is 13.6. The smallest absolute Gasteiger partial charge is 0.251 e. The summed E-state index contributed by atoms with van der Waals surface area (Å²) < 4.78 is 32.4. The van der Waals surface area contributed by atoms with Gasteiger partial charge in [-0.05, 0) is 54.8 Å². The van der Waals surface area contributed by atoms with Gasteiger partial charge in [-0.3, -0.25) is 4.79 Å². The molecule has 0 atom stereocenters. The van der Waals surface area contributed by atoms with Crippen molar-refractivity contribution >= 4 is 15.9 Å². The second kappa shape index (κ2) is 10.4. The number of hydrogen-bond donors (Lipinski definition) is 1. The van der Waals surface area contributed by atoms with E-state index in [9.17, 15) is 13.2 Å². The van der Waals surface area contributed by atoms with E-state index in [1.165, 1.54) is 11.4 Å². The first-order valence-corrected chi connectivity index (χ1v) is 11.3. The fraction of sp³-hybridized carbons (Fsp3) is 0.409. The van der Waals surface area contributed by atoms with Crippen molar-refractivity contribution in [2.24, 2.45) is 0 Å². The molecule has 0 bridgehead atoms. The highest BCUT2D eigenvalue weighted by molar-refractivity contribution is 7.89. The summed E-state index contributed by atoms with van der Waals surface area (Å²) in [6.45, 7) is 6.46. The van der Waals surface area contributed by atoms with E-state index in [0.717, 1.165) is 18.4 Å². The van der Waals surface area contributed by atoms with Crippen molar-refractivity contribution in [1.29, 1.82) is 0 Å². The second-order valence-corrected chi connectivity index (χ2v) is 8.73. The minimum Gasteiger partial charge on any atom is -0.497 e. The van der Waals surface area contributed by atoms with E-state index in [4.69, 9.17) is 4.74 Å². The van der Waals surface area contributed by atoms with Crippen molar-refractivity contribution in [3.63, 3.8) is 0 Å². The lowest BCUT2D eigenvalue weighted by Crippen LogP contribution is -2.33. The van der Waals surface area contributed by atoms with Crippen LogP contribution in [0.1, 0.15) is 49.5 Å². The van der Waals surface area contributed by atoms with Crippen molar-refractivity contribution in [2.45, 2.75) is 51.1 Å². The third kappa shape index (κ3) is 5.81. The van der Waals surface area contributed by atoms with E-state index >= 15 is 0 Å². The molecule has 2 aromatic carbocycles.